The second-order valence-electron chi connectivity index (χ2n) is 4.47. The van der Waals surface area contributed by atoms with Gasteiger partial charge in [-0.1, -0.05) is 18.2 Å². The van der Waals surface area contributed by atoms with E-state index in [1.807, 2.05) is 24.3 Å². The maximum atomic E-state index is 12.9. The average Bonchev–Trinajstić information content (AvgIpc) is 2.42. The Morgan fingerprint density at radius 1 is 1.00 bits per heavy atom. The predicted molar refractivity (Wildman–Crippen MR) is 76.2 cm³/mol. The van der Waals surface area contributed by atoms with Crippen molar-refractivity contribution in [1.82, 2.24) is 4.98 Å². The first-order chi connectivity index (χ1) is 9.22. The molecule has 94 valence electrons. The highest BCUT2D eigenvalue weighted by molar-refractivity contribution is 5.84. The van der Waals surface area contributed by atoms with Crippen LogP contribution >= 0.6 is 0 Å². The fourth-order valence-corrected chi connectivity index (χ4v) is 2.09. The molecule has 0 bridgehead atoms. The number of para-hydroxylation sites is 1. The second kappa shape index (κ2) is 4.69. The molecule has 1 N–H and O–H groups in total. The van der Waals surface area contributed by atoms with Gasteiger partial charge in [-0.25, -0.2) is 9.37 Å². The van der Waals surface area contributed by atoms with Crippen LogP contribution in [-0.4, -0.2) is 4.98 Å². The van der Waals surface area contributed by atoms with Crippen LogP contribution in [0.5, 0.6) is 0 Å². The Morgan fingerprint density at radius 3 is 2.53 bits per heavy atom. The van der Waals surface area contributed by atoms with Gasteiger partial charge in [0.1, 0.15) is 11.6 Å². The number of aryl methyl sites for hydroxylation is 1. The minimum absolute atomic E-state index is 0.242. The summed E-state index contributed by atoms with van der Waals surface area (Å²) in [4.78, 5) is 4.55. The highest BCUT2D eigenvalue weighted by Gasteiger charge is 2.02. The molecule has 1 aromatic heterocycles. The monoisotopic (exact) mass is 252 g/mol. The van der Waals surface area contributed by atoms with Crippen LogP contribution in [-0.2, 0) is 0 Å². The second-order valence-corrected chi connectivity index (χ2v) is 4.47. The largest absolute Gasteiger partial charge is 0.340 e. The lowest BCUT2D eigenvalue weighted by atomic mass is 10.1. The fraction of sp³-hybridized carbons (Fsp3) is 0.0625. The number of anilines is 2. The number of benzene rings is 2. The summed E-state index contributed by atoms with van der Waals surface area (Å²) in [5.41, 5.74) is 2.94. The molecule has 0 amide bonds. The minimum Gasteiger partial charge on any atom is -0.340 e. The lowest BCUT2D eigenvalue weighted by Crippen LogP contribution is -1.95. The predicted octanol–water partition coefficient (Wildman–Crippen LogP) is 4.43. The van der Waals surface area contributed by atoms with Crippen molar-refractivity contribution in [2.45, 2.75) is 6.92 Å². The zero-order valence-corrected chi connectivity index (χ0v) is 10.5. The summed E-state index contributed by atoms with van der Waals surface area (Å²) >= 11 is 0. The van der Waals surface area contributed by atoms with Crippen molar-refractivity contribution in [3.8, 4) is 0 Å². The lowest BCUT2D eigenvalue weighted by Gasteiger charge is -2.09. The molecule has 0 saturated carbocycles. The summed E-state index contributed by atoms with van der Waals surface area (Å²) in [6, 6.07) is 16.2. The van der Waals surface area contributed by atoms with E-state index in [0.29, 0.717) is 0 Å². The van der Waals surface area contributed by atoms with Crippen LogP contribution in [0.1, 0.15) is 5.56 Å². The average molecular weight is 252 g/mol. The van der Waals surface area contributed by atoms with E-state index in [1.54, 1.807) is 12.1 Å². The normalized spacial score (nSPS) is 10.6. The van der Waals surface area contributed by atoms with Crippen LogP contribution in [0.2, 0.25) is 0 Å². The molecule has 0 radical (unpaired) electrons. The van der Waals surface area contributed by atoms with Gasteiger partial charge in [-0.15, -0.1) is 0 Å². The maximum Gasteiger partial charge on any atom is 0.131 e. The van der Waals surface area contributed by atoms with E-state index in [9.17, 15) is 4.39 Å². The molecular weight excluding hydrogens is 239 g/mol. The zero-order valence-electron chi connectivity index (χ0n) is 10.5. The molecule has 0 saturated heterocycles. The summed E-state index contributed by atoms with van der Waals surface area (Å²) < 4.78 is 12.9. The molecule has 0 aliphatic rings. The van der Waals surface area contributed by atoms with Crippen molar-refractivity contribution in [2.75, 3.05) is 5.32 Å². The van der Waals surface area contributed by atoms with Crippen molar-refractivity contribution in [2.24, 2.45) is 0 Å². The third-order valence-electron chi connectivity index (χ3n) is 3.04. The van der Waals surface area contributed by atoms with Gasteiger partial charge in [0.2, 0.25) is 0 Å². The fourth-order valence-electron chi connectivity index (χ4n) is 2.09. The number of nitrogens with zero attached hydrogens (tertiary/aromatic N) is 1. The topological polar surface area (TPSA) is 24.9 Å². The lowest BCUT2D eigenvalue weighted by molar-refractivity contribution is 0.628. The molecular formula is C16H13FN2. The van der Waals surface area contributed by atoms with Gasteiger partial charge in [0.05, 0.1) is 5.52 Å². The van der Waals surface area contributed by atoms with Gasteiger partial charge in [-0.2, -0.15) is 0 Å². The minimum atomic E-state index is -0.242. The third kappa shape index (κ3) is 2.40. The summed E-state index contributed by atoms with van der Waals surface area (Å²) in [5, 5.41) is 4.33. The number of nitrogens with one attached hydrogen (secondary N) is 1. The molecule has 1 heterocycles. The molecule has 0 fully saturated rings. The number of hydrogen-bond donors (Lipinski definition) is 1. The van der Waals surface area contributed by atoms with Crippen LogP contribution in [0.15, 0.2) is 54.6 Å². The first kappa shape index (κ1) is 11.7. The Kier molecular flexibility index (Phi) is 2.88. The van der Waals surface area contributed by atoms with Gasteiger partial charge in [-0.05, 0) is 48.9 Å². The first-order valence-electron chi connectivity index (χ1n) is 6.11. The summed E-state index contributed by atoms with van der Waals surface area (Å²) in [6.45, 7) is 2.06. The number of rotatable bonds is 2. The van der Waals surface area contributed by atoms with Crippen molar-refractivity contribution in [3.63, 3.8) is 0 Å². The van der Waals surface area contributed by atoms with Crippen LogP contribution < -0.4 is 5.32 Å². The highest BCUT2D eigenvalue weighted by atomic mass is 19.1. The molecule has 3 rings (SSSR count). The maximum absolute atomic E-state index is 12.9. The van der Waals surface area contributed by atoms with Crippen molar-refractivity contribution in [1.29, 1.82) is 0 Å². The van der Waals surface area contributed by atoms with E-state index in [4.69, 9.17) is 0 Å². The smallest absolute Gasteiger partial charge is 0.131 e. The van der Waals surface area contributed by atoms with Gasteiger partial charge < -0.3 is 5.32 Å². The third-order valence-corrected chi connectivity index (χ3v) is 3.04. The van der Waals surface area contributed by atoms with Crippen LogP contribution in [0.3, 0.4) is 0 Å². The Balaban J connectivity index is 1.99. The highest BCUT2D eigenvalue weighted by Crippen LogP contribution is 2.22. The number of pyridine rings is 1. The van der Waals surface area contributed by atoms with Gasteiger partial charge >= 0.3 is 0 Å². The molecule has 2 aromatic carbocycles. The standard InChI is InChI=1S/C16H13FN2/c1-11-10-16(18-13-8-6-12(17)7-9-13)19-15-5-3-2-4-14(11)15/h2-10H,1H3,(H,18,19). The quantitative estimate of drug-likeness (QED) is 0.730. The van der Waals surface area contributed by atoms with E-state index in [0.717, 1.165) is 28.0 Å². The Morgan fingerprint density at radius 2 is 1.74 bits per heavy atom. The van der Waals surface area contributed by atoms with Crippen molar-refractivity contribution >= 4 is 22.4 Å². The number of halogens is 1. The van der Waals surface area contributed by atoms with Crippen molar-refractivity contribution < 1.29 is 4.39 Å². The molecule has 0 unspecified atom stereocenters. The van der Waals surface area contributed by atoms with E-state index in [2.05, 4.69) is 23.3 Å². The Labute approximate surface area is 110 Å². The van der Waals surface area contributed by atoms with E-state index >= 15 is 0 Å². The van der Waals surface area contributed by atoms with Gasteiger partial charge in [-0.3, -0.25) is 0 Å². The van der Waals surface area contributed by atoms with Crippen LogP contribution in [0.4, 0.5) is 15.9 Å². The number of fused-ring (bicyclic) bond motifs is 1. The van der Waals surface area contributed by atoms with Gasteiger partial charge in [0, 0.05) is 11.1 Å². The van der Waals surface area contributed by atoms with E-state index in [-0.39, 0.29) is 5.82 Å². The van der Waals surface area contributed by atoms with E-state index < -0.39 is 0 Å². The first-order valence-corrected chi connectivity index (χ1v) is 6.11. The molecule has 0 spiro atoms. The summed E-state index contributed by atoms with van der Waals surface area (Å²) in [6.07, 6.45) is 0. The molecule has 2 nitrogen and oxygen atoms in total. The molecule has 0 aliphatic carbocycles. The summed E-state index contributed by atoms with van der Waals surface area (Å²) in [5.74, 6) is 0.524. The van der Waals surface area contributed by atoms with Crippen LogP contribution in [0, 0.1) is 12.7 Å². The SMILES string of the molecule is Cc1cc(Nc2ccc(F)cc2)nc2ccccc12. The van der Waals surface area contributed by atoms with Gasteiger partial charge in [0.25, 0.3) is 0 Å². The molecule has 0 aliphatic heterocycles. The molecule has 0 atom stereocenters. The molecule has 19 heavy (non-hydrogen) atoms. The number of aromatic nitrogens is 1. The zero-order chi connectivity index (χ0) is 13.2. The molecule has 3 heteroatoms. The van der Waals surface area contributed by atoms with Gasteiger partial charge in [0.15, 0.2) is 0 Å². The number of hydrogen-bond acceptors (Lipinski definition) is 2. The Hall–Kier alpha value is -2.42. The molecule has 3 aromatic rings. The Bertz CT molecular complexity index is 720. The van der Waals surface area contributed by atoms with E-state index in [1.165, 1.54) is 12.1 Å². The summed E-state index contributed by atoms with van der Waals surface area (Å²) in [7, 11) is 0. The van der Waals surface area contributed by atoms with Crippen LogP contribution in [0.25, 0.3) is 10.9 Å². The van der Waals surface area contributed by atoms with Crippen molar-refractivity contribution in [3.05, 3.63) is 66.0 Å².